The molecule has 40 heavy (non-hydrogen) atoms. The fourth-order valence-electron chi connectivity index (χ4n) is 5.09. The van der Waals surface area contributed by atoms with Crippen LogP contribution < -0.4 is 0 Å². The third kappa shape index (κ3) is 8.83. The van der Waals surface area contributed by atoms with Crippen LogP contribution in [0.3, 0.4) is 0 Å². The van der Waals surface area contributed by atoms with Gasteiger partial charge in [0.05, 0.1) is 51.1 Å². The fraction of sp³-hybridized carbons (Fsp3) is 0.536. The number of hydrogen-bond acceptors (Lipinski definition) is 8. The average molecular weight is 561 g/mol. The second-order valence-electron chi connectivity index (χ2n) is 10.0. The molecule has 2 atom stereocenters. The third-order valence-electron chi connectivity index (χ3n) is 6.94. The van der Waals surface area contributed by atoms with Crippen molar-refractivity contribution in [3.05, 3.63) is 42.0 Å². The van der Waals surface area contributed by atoms with Crippen LogP contribution in [0.5, 0.6) is 0 Å². The SMILES string of the molecule is O=C(O)COCCOCCOCCC(=O)C[C@H]1CCC[C@@H](Cc2nc(-c3c[nH]c4ncc(F)cc34)ncc2F)C1. The van der Waals surface area contributed by atoms with E-state index in [0.29, 0.717) is 67.2 Å². The van der Waals surface area contributed by atoms with Gasteiger partial charge in [0, 0.05) is 30.0 Å². The van der Waals surface area contributed by atoms with Gasteiger partial charge in [0.1, 0.15) is 23.9 Å². The lowest BCUT2D eigenvalue weighted by Crippen LogP contribution is -2.21. The summed E-state index contributed by atoms with van der Waals surface area (Å²) in [6.45, 7) is 1.12. The second-order valence-corrected chi connectivity index (χ2v) is 10.0. The van der Waals surface area contributed by atoms with Gasteiger partial charge in [-0.3, -0.25) is 4.79 Å². The van der Waals surface area contributed by atoms with Crippen LogP contribution in [0, 0.1) is 23.5 Å². The standard InChI is InChI=1S/C28H34F2N4O6/c29-20-13-22-23(15-32-27(22)31-14-20)28-33-16-24(30)25(34-28)12-19-3-1-2-18(10-19)11-21(35)4-5-38-6-7-39-8-9-40-17-26(36)37/h13-16,18-19H,1-12,17H2,(H,31,32)(H,36,37)/t18-,19+/m0/s1. The molecule has 216 valence electrons. The Balaban J connectivity index is 1.19. The molecule has 1 aliphatic carbocycles. The summed E-state index contributed by atoms with van der Waals surface area (Å²) in [4.78, 5) is 38.5. The zero-order valence-corrected chi connectivity index (χ0v) is 22.2. The number of Topliss-reactive ketones (excluding diaryl/α,β-unsaturated/α-hetero) is 1. The zero-order chi connectivity index (χ0) is 28.3. The Labute approximate surface area is 230 Å². The first-order chi connectivity index (χ1) is 19.4. The first-order valence-corrected chi connectivity index (χ1v) is 13.5. The molecular formula is C28H34F2N4O6. The van der Waals surface area contributed by atoms with Crippen molar-refractivity contribution < 1.29 is 37.7 Å². The fourth-order valence-corrected chi connectivity index (χ4v) is 5.09. The Kier molecular flexibility index (Phi) is 11.0. The molecule has 0 spiro atoms. The number of ketones is 1. The summed E-state index contributed by atoms with van der Waals surface area (Å²) in [6, 6.07) is 1.35. The number of halogens is 2. The number of H-pyrrole nitrogens is 1. The molecule has 1 fully saturated rings. The monoisotopic (exact) mass is 560 g/mol. The summed E-state index contributed by atoms with van der Waals surface area (Å²) in [5.41, 5.74) is 1.39. The number of fused-ring (bicyclic) bond motifs is 1. The number of aliphatic carboxylic acids is 1. The molecule has 3 heterocycles. The van der Waals surface area contributed by atoms with Gasteiger partial charge in [0.2, 0.25) is 0 Å². The van der Waals surface area contributed by atoms with Crippen LogP contribution in [0.15, 0.2) is 24.7 Å². The van der Waals surface area contributed by atoms with Crippen LogP contribution in [0.25, 0.3) is 22.4 Å². The molecular weight excluding hydrogens is 526 g/mol. The van der Waals surface area contributed by atoms with Crippen LogP contribution in [0.2, 0.25) is 0 Å². The number of rotatable bonds is 16. The van der Waals surface area contributed by atoms with Crippen molar-refractivity contribution in [3.8, 4) is 11.4 Å². The Bertz CT molecular complexity index is 1290. The van der Waals surface area contributed by atoms with Gasteiger partial charge in [-0.25, -0.2) is 28.5 Å². The van der Waals surface area contributed by atoms with Crippen LogP contribution in [0.1, 0.15) is 44.2 Å². The van der Waals surface area contributed by atoms with Crippen LogP contribution >= 0.6 is 0 Å². The maximum absolute atomic E-state index is 14.7. The first-order valence-electron chi connectivity index (χ1n) is 13.5. The molecule has 1 saturated carbocycles. The molecule has 0 aromatic carbocycles. The predicted molar refractivity (Wildman–Crippen MR) is 141 cm³/mol. The van der Waals surface area contributed by atoms with Gasteiger partial charge < -0.3 is 24.3 Å². The van der Waals surface area contributed by atoms with Crippen molar-refractivity contribution >= 4 is 22.8 Å². The topological polar surface area (TPSA) is 137 Å². The minimum absolute atomic E-state index is 0.143. The number of carbonyl (C=O) groups is 2. The van der Waals surface area contributed by atoms with Crippen LogP contribution in [-0.2, 0) is 30.2 Å². The van der Waals surface area contributed by atoms with Crippen LogP contribution in [0.4, 0.5) is 8.78 Å². The number of ether oxygens (including phenoxy) is 3. The quantitative estimate of drug-likeness (QED) is 0.248. The van der Waals surface area contributed by atoms with Gasteiger partial charge in [-0.2, -0.15) is 0 Å². The Morgan fingerprint density at radius 2 is 1.75 bits per heavy atom. The lowest BCUT2D eigenvalue weighted by Gasteiger charge is -2.28. The van der Waals surface area contributed by atoms with Crippen LogP contribution in [-0.4, -0.2) is 76.4 Å². The van der Waals surface area contributed by atoms with E-state index in [1.807, 2.05) is 0 Å². The molecule has 0 amide bonds. The molecule has 0 aliphatic heterocycles. The molecule has 10 nitrogen and oxygen atoms in total. The summed E-state index contributed by atoms with van der Waals surface area (Å²) in [6.07, 6.45) is 8.88. The molecule has 0 saturated heterocycles. The number of carboxylic acids is 1. The minimum Gasteiger partial charge on any atom is -0.480 e. The van der Waals surface area contributed by atoms with Gasteiger partial charge >= 0.3 is 5.97 Å². The maximum Gasteiger partial charge on any atom is 0.329 e. The number of aromatic amines is 1. The van der Waals surface area contributed by atoms with E-state index < -0.39 is 17.6 Å². The molecule has 0 bridgehead atoms. The van der Waals surface area contributed by atoms with Gasteiger partial charge in [0.25, 0.3) is 0 Å². The smallest absolute Gasteiger partial charge is 0.329 e. The van der Waals surface area contributed by atoms with E-state index in [1.54, 1.807) is 6.20 Å². The van der Waals surface area contributed by atoms with Crippen molar-refractivity contribution in [2.75, 3.05) is 39.6 Å². The highest BCUT2D eigenvalue weighted by molar-refractivity contribution is 5.91. The van der Waals surface area contributed by atoms with Crippen molar-refractivity contribution in [2.24, 2.45) is 11.8 Å². The average Bonchev–Trinajstić information content (AvgIpc) is 3.34. The van der Waals surface area contributed by atoms with Crippen molar-refractivity contribution in [1.82, 2.24) is 19.9 Å². The van der Waals surface area contributed by atoms with E-state index in [0.717, 1.165) is 38.1 Å². The number of carboxylic acid groups (broad SMARTS) is 1. The highest BCUT2D eigenvalue weighted by atomic mass is 19.1. The van der Waals surface area contributed by atoms with E-state index >= 15 is 0 Å². The summed E-state index contributed by atoms with van der Waals surface area (Å²) < 4.78 is 44.0. The molecule has 3 aromatic rings. The Morgan fingerprint density at radius 1 is 1.00 bits per heavy atom. The summed E-state index contributed by atoms with van der Waals surface area (Å²) >= 11 is 0. The number of hydrogen-bond donors (Lipinski definition) is 2. The second kappa shape index (κ2) is 14.9. The van der Waals surface area contributed by atoms with Gasteiger partial charge in [-0.1, -0.05) is 19.3 Å². The summed E-state index contributed by atoms with van der Waals surface area (Å²) in [7, 11) is 0. The molecule has 12 heteroatoms. The Hall–Kier alpha value is -3.35. The van der Waals surface area contributed by atoms with E-state index in [-0.39, 0.29) is 37.4 Å². The third-order valence-corrected chi connectivity index (χ3v) is 6.94. The molecule has 2 N–H and O–H groups in total. The van der Waals surface area contributed by atoms with Gasteiger partial charge in [-0.05, 0) is 30.7 Å². The number of carbonyl (C=O) groups excluding carboxylic acids is 1. The summed E-state index contributed by atoms with van der Waals surface area (Å²) in [5, 5.41) is 9.01. The maximum atomic E-state index is 14.7. The first kappa shape index (κ1) is 29.6. The largest absolute Gasteiger partial charge is 0.480 e. The number of pyridine rings is 1. The number of aromatic nitrogens is 4. The van der Waals surface area contributed by atoms with E-state index in [9.17, 15) is 18.4 Å². The normalized spacial score (nSPS) is 17.4. The molecule has 0 unspecified atom stereocenters. The predicted octanol–water partition coefficient (Wildman–Crippen LogP) is 4.13. The lowest BCUT2D eigenvalue weighted by atomic mass is 9.77. The van der Waals surface area contributed by atoms with E-state index in [4.69, 9.17) is 19.3 Å². The number of nitrogens with one attached hydrogen (secondary N) is 1. The van der Waals surface area contributed by atoms with Crippen molar-refractivity contribution in [3.63, 3.8) is 0 Å². The highest BCUT2D eigenvalue weighted by Crippen LogP contribution is 2.34. The highest BCUT2D eigenvalue weighted by Gasteiger charge is 2.26. The van der Waals surface area contributed by atoms with Crippen molar-refractivity contribution in [1.29, 1.82) is 0 Å². The Morgan fingerprint density at radius 3 is 2.55 bits per heavy atom. The molecule has 0 radical (unpaired) electrons. The lowest BCUT2D eigenvalue weighted by molar-refractivity contribution is -0.142. The van der Waals surface area contributed by atoms with E-state index in [1.165, 1.54) is 6.07 Å². The molecule has 4 rings (SSSR count). The van der Waals surface area contributed by atoms with Crippen molar-refractivity contribution in [2.45, 2.75) is 44.9 Å². The van der Waals surface area contributed by atoms with Gasteiger partial charge in [-0.15, -0.1) is 0 Å². The molecule has 3 aromatic heterocycles. The zero-order valence-electron chi connectivity index (χ0n) is 22.2. The molecule has 1 aliphatic rings. The van der Waals surface area contributed by atoms with Gasteiger partial charge in [0.15, 0.2) is 11.6 Å². The minimum atomic E-state index is -1.02. The summed E-state index contributed by atoms with van der Waals surface area (Å²) in [5.74, 6) is -1.06. The number of nitrogens with zero attached hydrogens (tertiary/aromatic N) is 3. The van der Waals surface area contributed by atoms with E-state index in [2.05, 4.69) is 19.9 Å².